The molecule has 0 saturated heterocycles. The maximum absolute atomic E-state index is 12.4. The lowest BCUT2D eigenvalue weighted by Gasteiger charge is -2.21. The molecule has 2 aromatic rings. The molecular weight excluding hydrogens is 381 g/mol. The highest BCUT2D eigenvalue weighted by atomic mass is 127. The molecule has 1 heterocycles. The van der Waals surface area contributed by atoms with E-state index in [4.69, 9.17) is 0 Å². The number of nitrogens with zero attached hydrogens (tertiary/aromatic N) is 3. The van der Waals surface area contributed by atoms with Crippen molar-refractivity contribution in [3.8, 4) is 0 Å². The van der Waals surface area contributed by atoms with E-state index in [-0.39, 0.29) is 11.2 Å². The third kappa shape index (κ3) is 3.20. The first-order valence-electron chi connectivity index (χ1n) is 6.70. The van der Waals surface area contributed by atoms with Crippen molar-refractivity contribution in [3.63, 3.8) is 0 Å². The average molecular weight is 399 g/mol. The van der Waals surface area contributed by atoms with E-state index in [0.717, 1.165) is 9.13 Å². The van der Waals surface area contributed by atoms with Crippen molar-refractivity contribution in [3.05, 3.63) is 60.4 Å². The molecular formula is C15H18IN3O2. The second-order valence-corrected chi connectivity index (χ2v) is 6.07. The van der Waals surface area contributed by atoms with Crippen LogP contribution in [0.4, 0.5) is 5.69 Å². The van der Waals surface area contributed by atoms with Gasteiger partial charge in [0.25, 0.3) is 5.56 Å². The van der Waals surface area contributed by atoms with Crippen LogP contribution in [0.25, 0.3) is 0 Å². The normalized spacial score (nSPS) is 10.7. The van der Waals surface area contributed by atoms with Crippen LogP contribution in [-0.4, -0.2) is 16.2 Å². The van der Waals surface area contributed by atoms with Gasteiger partial charge in [0, 0.05) is 37.0 Å². The van der Waals surface area contributed by atoms with Gasteiger partial charge >= 0.3 is 5.69 Å². The van der Waals surface area contributed by atoms with E-state index < -0.39 is 0 Å². The van der Waals surface area contributed by atoms with Crippen molar-refractivity contribution in [2.45, 2.75) is 20.0 Å². The molecule has 0 unspecified atom stereocenters. The molecule has 0 spiro atoms. The summed E-state index contributed by atoms with van der Waals surface area (Å²) in [5.74, 6) is 0. The Labute approximate surface area is 137 Å². The van der Waals surface area contributed by atoms with E-state index >= 15 is 0 Å². The summed E-state index contributed by atoms with van der Waals surface area (Å²) in [6, 6.07) is 8.05. The van der Waals surface area contributed by atoms with Gasteiger partial charge in [-0.25, -0.2) is 4.79 Å². The van der Waals surface area contributed by atoms with Crippen LogP contribution >= 0.6 is 22.6 Å². The van der Waals surface area contributed by atoms with Crippen LogP contribution < -0.4 is 16.1 Å². The Morgan fingerprint density at radius 3 is 2.52 bits per heavy atom. The van der Waals surface area contributed by atoms with Gasteiger partial charge in [0.05, 0.1) is 0 Å². The van der Waals surface area contributed by atoms with Gasteiger partial charge in [-0.2, -0.15) is 0 Å². The number of rotatable bonds is 4. The minimum Gasteiger partial charge on any atom is -0.365 e. The van der Waals surface area contributed by atoms with Crippen LogP contribution in [0.15, 0.2) is 40.1 Å². The highest BCUT2D eigenvalue weighted by Gasteiger charge is 2.13. The third-order valence-electron chi connectivity index (χ3n) is 3.41. The molecule has 1 aromatic heterocycles. The molecule has 0 aliphatic heterocycles. The molecule has 0 bridgehead atoms. The molecule has 0 N–H and O–H groups in total. The number of anilines is 1. The zero-order valence-electron chi connectivity index (χ0n) is 12.3. The van der Waals surface area contributed by atoms with Crippen LogP contribution in [-0.2, 0) is 20.1 Å². The highest BCUT2D eigenvalue weighted by molar-refractivity contribution is 14.1. The van der Waals surface area contributed by atoms with Gasteiger partial charge in [-0.15, -0.1) is 0 Å². The molecule has 0 radical (unpaired) electrons. The minimum atomic E-state index is -0.283. The lowest BCUT2D eigenvalue weighted by Crippen LogP contribution is -2.41. The second-order valence-electron chi connectivity index (χ2n) is 4.90. The van der Waals surface area contributed by atoms with Crippen molar-refractivity contribution < 1.29 is 0 Å². The summed E-state index contributed by atoms with van der Waals surface area (Å²) in [5.41, 5.74) is 1.15. The zero-order valence-corrected chi connectivity index (χ0v) is 14.5. The number of hydrogen-bond acceptors (Lipinski definition) is 3. The third-order valence-corrected chi connectivity index (χ3v) is 4.46. The van der Waals surface area contributed by atoms with Gasteiger partial charge < -0.3 is 9.47 Å². The van der Waals surface area contributed by atoms with Gasteiger partial charge in [0.15, 0.2) is 0 Å². The van der Waals surface area contributed by atoms with Crippen molar-refractivity contribution in [2.75, 3.05) is 11.9 Å². The molecule has 6 heteroatoms. The largest absolute Gasteiger partial charge is 0.365 e. The first-order chi connectivity index (χ1) is 9.95. The summed E-state index contributed by atoms with van der Waals surface area (Å²) in [6.07, 6.45) is 1.60. The zero-order chi connectivity index (χ0) is 15.6. The number of halogens is 1. The van der Waals surface area contributed by atoms with Crippen molar-refractivity contribution in [1.82, 2.24) is 9.13 Å². The fourth-order valence-electron chi connectivity index (χ4n) is 2.22. The molecule has 112 valence electrons. The van der Waals surface area contributed by atoms with Crippen LogP contribution in [0.5, 0.6) is 0 Å². The van der Waals surface area contributed by atoms with E-state index in [1.807, 2.05) is 36.2 Å². The topological polar surface area (TPSA) is 47.2 Å². The molecule has 2 rings (SSSR count). The molecule has 0 atom stereocenters. The summed E-state index contributed by atoms with van der Waals surface area (Å²) in [6.45, 7) is 2.79. The van der Waals surface area contributed by atoms with E-state index in [9.17, 15) is 9.59 Å². The summed E-state index contributed by atoms with van der Waals surface area (Å²) in [7, 11) is 3.53. The molecule has 5 nitrogen and oxygen atoms in total. The smallest absolute Gasteiger partial charge is 0.330 e. The fraction of sp³-hybridized carbons (Fsp3) is 0.333. The number of benzene rings is 1. The maximum atomic E-state index is 12.4. The van der Waals surface area contributed by atoms with Crippen LogP contribution in [0, 0.1) is 3.57 Å². The Morgan fingerprint density at radius 1 is 1.24 bits per heavy atom. The van der Waals surface area contributed by atoms with Gasteiger partial charge in [0.1, 0.15) is 5.69 Å². The molecule has 1 aromatic carbocycles. The van der Waals surface area contributed by atoms with Gasteiger partial charge in [-0.05, 0) is 41.1 Å². The van der Waals surface area contributed by atoms with Crippen molar-refractivity contribution in [1.29, 1.82) is 0 Å². The Hall–Kier alpha value is -1.57. The lowest BCUT2D eigenvalue weighted by molar-refractivity contribution is 0.617. The predicted octanol–water partition coefficient (Wildman–Crippen LogP) is 1.81. The van der Waals surface area contributed by atoms with Crippen molar-refractivity contribution >= 4 is 28.3 Å². The first kappa shape index (κ1) is 15.8. The van der Waals surface area contributed by atoms with E-state index in [0.29, 0.717) is 18.8 Å². The molecule has 0 saturated carbocycles. The lowest BCUT2D eigenvalue weighted by atomic mass is 10.2. The minimum absolute atomic E-state index is 0.242. The summed E-state index contributed by atoms with van der Waals surface area (Å²) >= 11 is 2.28. The number of aromatic nitrogens is 2. The van der Waals surface area contributed by atoms with E-state index in [1.165, 1.54) is 9.13 Å². The molecule has 0 aliphatic carbocycles. The average Bonchev–Trinajstić information content (AvgIpc) is 2.46. The SMILES string of the molecule is CCn1c(=O)c(N(C)Cc2ccccc2I)cn(C)c1=O. The van der Waals surface area contributed by atoms with Crippen LogP contribution in [0.3, 0.4) is 0 Å². The highest BCUT2D eigenvalue weighted by Crippen LogP contribution is 2.15. The van der Waals surface area contributed by atoms with E-state index in [1.54, 1.807) is 20.2 Å². The molecule has 21 heavy (non-hydrogen) atoms. The Morgan fingerprint density at radius 2 is 1.90 bits per heavy atom. The molecule has 0 aliphatic rings. The second kappa shape index (κ2) is 6.46. The summed E-state index contributed by atoms with van der Waals surface area (Å²) in [5, 5.41) is 0. The Kier molecular flexibility index (Phi) is 4.87. The standard InChI is InChI=1S/C15H18IN3O2/c1-4-19-14(20)13(10-18(3)15(19)21)17(2)9-11-7-5-6-8-12(11)16/h5-8,10H,4,9H2,1-3H3. The number of hydrogen-bond donors (Lipinski definition) is 0. The first-order valence-corrected chi connectivity index (χ1v) is 7.78. The van der Waals surface area contributed by atoms with Crippen LogP contribution in [0.1, 0.15) is 12.5 Å². The van der Waals surface area contributed by atoms with Gasteiger partial charge in [0.2, 0.25) is 0 Å². The fourth-order valence-corrected chi connectivity index (χ4v) is 2.78. The van der Waals surface area contributed by atoms with Crippen molar-refractivity contribution in [2.24, 2.45) is 7.05 Å². The maximum Gasteiger partial charge on any atom is 0.330 e. The van der Waals surface area contributed by atoms with Gasteiger partial charge in [-0.1, -0.05) is 18.2 Å². The predicted molar refractivity (Wildman–Crippen MR) is 92.9 cm³/mol. The Balaban J connectivity index is 2.43. The monoisotopic (exact) mass is 399 g/mol. The van der Waals surface area contributed by atoms with Crippen LogP contribution in [0.2, 0.25) is 0 Å². The quantitative estimate of drug-likeness (QED) is 0.737. The van der Waals surface area contributed by atoms with E-state index in [2.05, 4.69) is 22.6 Å². The molecule has 0 amide bonds. The Bertz CT molecular complexity index is 764. The summed E-state index contributed by atoms with van der Waals surface area (Å²) in [4.78, 5) is 26.2. The summed E-state index contributed by atoms with van der Waals surface area (Å²) < 4.78 is 3.86. The molecule has 0 fully saturated rings. The van der Waals surface area contributed by atoms with Gasteiger partial charge in [-0.3, -0.25) is 9.36 Å². The number of aryl methyl sites for hydroxylation is 1.